The Bertz CT molecular complexity index is 526. The molecule has 90 valence electrons. The summed E-state index contributed by atoms with van der Waals surface area (Å²) in [7, 11) is 0. The van der Waals surface area contributed by atoms with Gasteiger partial charge in [0.1, 0.15) is 0 Å². The highest BCUT2D eigenvalue weighted by atomic mass is 19.4. The molecule has 2 rings (SSSR count). The van der Waals surface area contributed by atoms with Crippen molar-refractivity contribution in [2.45, 2.75) is 20.0 Å². The van der Waals surface area contributed by atoms with Crippen molar-refractivity contribution in [3.63, 3.8) is 0 Å². The number of hydrogen-bond acceptors (Lipinski definition) is 2. The van der Waals surface area contributed by atoms with E-state index in [0.717, 1.165) is 23.5 Å². The second-order valence-electron chi connectivity index (χ2n) is 3.73. The SMILES string of the molecule is Cc1cnn(-c2ccc(C(F)(F)F)cn2)c1C. The standard InChI is InChI=1S/C11H10F3N3/c1-7-5-16-17(8(7)2)10-4-3-9(6-15-10)11(12,13)14/h3-6H,1-2H3. The fraction of sp³-hybridized carbons (Fsp3) is 0.273. The topological polar surface area (TPSA) is 30.7 Å². The molecule has 0 radical (unpaired) electrons. The van der Waals surface area contributed by atoms with E-state index in [0.29, 0.717) is 5.82 Å². The van der Waals surface area contributed by atoms with Crippen molar-refractivity contribution in [3.05, 3.63) is 41.3 Å². The van der Waals surface area contributed by atoms with Crippen molar-refractivity contribution in [2.24, 2.45) is 0 Å². The lowest BCUT2D eigenvalue weighted by atomic mass is 10.2. The van der Waals surface area contributed by atoms with Crippen LogP contribution in [-0.2, 0) is 6.18 Å². The number of pyridine rings is 1. The quantitative estimate of drug-likeness (QED) is 0.768. The molecule has 6 heteroatoms. The Morgan fingerprint density at radius 1 is 1.12 bits per heavy atom. The zero-order valence-corrected chi connectivity index (χ0v) is 9.28. The molecule has 3 nitrogen and oxygen atoms in total. The highest BCUT2D eigenvalue weighted by molar-refractivity contribution is 5.30. The van der Waals surface area contributed by atoms with Gasteiger partial charge in [-0.1, -0.05) is 0 Å². The average molecular weight is 241 g/mol. The Morgan fingerprint density at radius 3 is 2.24 bits per heavy atom. The molecule has 0 amide bonds. The highest BCUT2D eigenvalue weighted by Crippen LogP contribution is 2.28. The van der Waals surface area contributed by atoms with Gasteiger partial charge in [-0.2, -0.15) is 18.3 Å². The fourth-order valence-electron chi connectivity index (χ4n) is 1.40. The molecule has 17 heavy (non-hydrogen) atoms. The average Bonchev–Trinajstić information content (AvgIpc) is 2.59. The van der Waals surface area contributed by atoms with Crippen LogP contribution in [0.3, 0.4) is 0 Å². The predicted octanol–water partition coefficient (Wildman–Crippen LogP) is 2.90. The second kappa shape index (κ2) is 3.87. The summed E-state index contributed by atoms with van der Waals surface area (Å²) in [5, 5.41) is 4.05. The Morgan fingerprint density at radius 2 is 1.82 bits per heavy atom. The minimum atomic E-state index is -4.36. The van der Waals surface area contributed by atoms with E-state index in [1.807, 2.05) is 13.8 Å². The van der Waals surface area contributed by atoms with Gasteiger partial charge in [0.05, 0.1) is 11.8 Å². The van der Waals surface area contributed by atoms with Gasteiger partial charge >= 0.3 is 6.18 Å². The summed E-state index contributed by atoms with van der Waals surface area (Å²) in [5.74, 6) is 0.378. The van der Waals surface area contributed by atoms with Crippen molar-refractivity contribution >= 4 is 0 Å². The summed E-state index contributed by atoms with van der Waals surface area (Å²) < 4.78 is 38.5. The number of halogens is 3. The maximum Gasteiger partial charge on any atom is 0.417 e. The molecule has 0 saturated carbocycles. The fourth-order valence-corrected chi connectivity index (χ4v) is 1.40. The van der Waals surface area contributed by atoms with Crippen molar-refractivity contribution in [3.8, 4) is 5.82 Å². The van der Waals surface area contributed by atoms with Crippen LogP contribution < -0.4 is 0 Å². The predicted molar refractivity (Wildman–Crippen MR) is 55.8 cm³/mol. The van der Waals surface area contributed by atoms with E-state index in [4.69, 9.17) is 0 Å². The minimum absolute atomic E-state index is 0.378. The lowest BCUT2D eigenvalue weighted by Crippen LogP contribution is -2.07. The van der Waals surface area contributed by atoms with Crippen LogP contribution in [0, 0.1) is 13.8 Å². The first-order valence-electron chi connectivity index (χ1n) is 4.94. The highest BCUT2D eigenvalue weighted by Gasteiger charge is 2.30. The van der Waals surface area contributed by atoms with E-state index in [-0.39, 0.29) is 0 Å². The zero-order valence-electron chi connectivity index (χ0n) is 9.28. The first-order chi connectivity index (χ1) is 7.89. The van der Waals surface area contributed by atoms with E-state index < -0.39 is 11.7 Å². The van der Waals surface area contributed by atoms with Crippen LogP contribution in [0.25, 0.3) is 5.82 Å². The maximum atomic E-state index is 12.3. The van der Waals surface area contributed by atoms with Crippen LogP contribution in [0.4, 0.5) is 13.2 Å². The molecule has 2 aromatic rings. The van der Waals surface area contributed by atoms with Crippen LogP contribution in [-0.4, -0.2) is 14.8 Å². The molecule has 0 aliphatic carbocycles. The summed E-state index contributed by atoms with van der Waals surface area (Å²) >= 11 is 0. The molecule has 0 spiro atoms. The Kier molecular flexibility index (Phi) is 2.65. The number of aromatic nitrogens is 3. The molecule has 0 N–H and O–H groups in total. The van der Waals surface area contributed by atoms with Crippen LogP contribution in [0.15, 0.2) is 24.5 Å². The number of aryl methyl sites for hydroxylation is 1. The smallest absolute Gasteiger partial charge is 0.236 e. The van der Waals surface area contributed by atoms with Gasteiger partial charge in [0.2, 0.25) is 0 Å². The van der Waals surface area contributed by atoms with E-state index in [1.54, 1.807) is 6.20 Å². The third-order valence-corrected chi connectivity index (χ3v) is 2.55. The zero-order chi connectivity index (χ0) is 12.6. The molecular weight excluding hydrogens is 231 g/mol. The molecule has 2 heterocycles. The van der Waals surface area contributed by atoms with Gasteiger partial charge in [-0.25, -0.2) is 9.67 Å². The van der Waals surface area contributed by atoms with Crippen LogP contribution in [0.2, 0.25) is 0 Å². The molecule has 0 bridgehead atoms. The first-order valence-corrected chi connectivity index (χ1v) is 4.94. The van der Waals surface area contributed by atoms with Gasteiger partial charge in [-0.15, -0.1) is 0 Å². The van der Waals surface area contributed by atoms with E-state index >= 15 is 0 Å². The molecule has 0 saturated heterocycles. The monoisotopic (exact) mass is 241 g/mol. The van der Waals surface area contributed by atoms with E-state index in [2.05, 4.69) is 10.1 Å². The molecular formula is C11H10F3N3. The summed E-state index contributed by atoms with van der Waals surface area (Å²) in [6.45, 7) is 3.71. The third-order valence-electron chi connectivity index (χ3n) is 2.55. The molecule has 0 fully saturated rings. The molecule has 0 aliphatic heterocycles. The first kappa shape index (κ1) is 11.6. The summed E-state index contributed by atoms with van der Waals surface area (Å²) in [6, 6.07) is 2.31. The summed E-state index contributed by atoms with van der Waals surface area (Å²) in [4.78, 5) is 3.77. The van der Waals surface area contributed by atoms with Gasteiger partial charge in [0.25, 0.3) is 0 Å². The van der Waals surface area contributed by atoms with Crippen molar-refractivity contribution in [1.29, 1.82) is 0 Å². The maximum absolute atomic E-state index is 12.3. The lowest BCUT2D eigenvalue weighted by Gasteiger charge is -2.07. The number of nitrogens with zero attached hydrogens (tertiary/aromatic N) is 3. The molecule has 0 atom stereocenters. The minimum Gasteiger partial charge on any atom is -0.236 e. The molecule has 0 unspecified atom stereocenters. The van der Waals surface area contributed by atoms with Gasteiger partial charge in [-0.3, -0.25) is 0 Å². The second-order valence-corrected chi connectivity index (χ2v) is 3.73. The van der Waals surface area contributed by atoms with Gasteiger partial charge < -0.3 is 0 Å². The van der Waals surface area contributed by atoms with Gasteiger partial charge in [-0.05, 0) is 31.5 Å². The number of alkyl halides is 3. The lowest BCUT2D eigenvalue weighted by molar-refractivity contribution is -0.137. The molecule has 2 aromatic heterocycles. The number of rotatable bonds is 1. The molecule has 0 aromatic carbocycles. The van der Waals surface area contributed by atoms with Crippen molar-refractivity contribution in [2.75, 3.05) is 0 Å². The van der Waals surface area contributed by atoms with Gasteiger partial charge in [0, 0.05) is 11.9 Å². The summed E-state index contributed by atoms with van der Waals surface area (Å²) in [6.07, 6.45) is -1.90. The van der Waals surface area contributed by atoms with Crippen molar-refractivity contribution < 1.29 is 13.2 Å². The third kappa shape index (κ3) is 2.15. The number of hydrogen-bond donors (Lipinski definition) is 0. The summed E-state index contributed by atoms with van der Waals surface area (Å²) in [5.41, 5.74) is 1.06. The van der Waals surface area contributed by atoms with Gasteiger partial charge in [0.15, 0.2) is 5.82 Å². The largest absolute Gasteiger partial charge is 0.417 e. The Labute approximate surface area is 95.9 Å². The Balaban J connectivity index is 2.40. The van der Waals surface area contributed by atoms with E-state index in [1.165, 1.54) is 10.7 Å². The van der Waals surface area contributed by atoms with Crippen LogP contribution in [0.5, 0.6) is 0 Å². The van der Waals surface area contributed by atoms with Crippen LogP contribution in [0.1, 0.15) is 16.8 Å². The van der Waals surface area contributed by atoms with E-state index in [9.17, 15) is 13.2 Å². The normalized spacial score (nSPS) is 11.8. The Hall–Kier alpha value is -1.85. The van der Waals surface area contributed by atoms with Crippen molar-refractivity contribution in [1.82, 2.24) is 14.8 Å². The molecule has 0 aliphatic rings. The van der Waals surface area contributed by atoms with Crippen LogP contribution >= 0.6 is 0 Å².